The van der Waals surface area contributed by atoms with Gasteiger partial charge in [-0.15, -0.1) is 0 Å². The molecule has 0 radical (unpaired) electrons. The van der Waals surface area contributed by atoms with Crippen molar-refractivity contribution in [2.75, 3.05) is 49.7 Å². The number of nitrogens with one attached hydrogen (secondary N) is 1. The fourth-order valence-corrected chi connectivity index (χ4v) is 3.18. The van der Waals surface area contributed by atoms with Crippen molar-refractivity contribution in [1.82, 2.24) is 14.9 Å². The molecule has 0 atom stereocenters. The molecular formula is C17H21N5O3S. The van der Waals surface area contributed by atoms with Crippen LogP contribution in [0.3, 0.4) is 0 Å². The Hall–Kier alpha value is -2.52. The number of piperazine rings is 1. The molecule has 26 heavy (non-hydrogen) atoms. The first kappa shape index (κ1) is 18.3. The van der Waals surface area contributed by atoms with E-state index < -0.39 is 9.84 Å². The van der Waals surface area contributed by atoms with Crippen LogP contribution in [-0.4, -0.2) is 68.7 Å². The van der Waals surface area contributed by atoms with Crippen LogP contribution in [0.5, 0.6) is 0 Å². The van der Waals surface area contributed by atoms with E-state index in [-0.39, 0.29) is 16.5 Å². The largest absolute Gasteiger partial charge is 0.354 e. The lowest BCUT2D eigenvalue weighted by molar-refractivity contribution is 0.102. The van der Waals surface area contributed by atoms with E-state index in [1.165, 1.54) is 18.3 Å². The fraction of sp³-hybridized carbons (Fsp3) is 0.353. The highest BCUT2D eigenvalue weighted by Gasteiger charge is 2.15. The van der Waals surface area contributed by atoms with Crippen LogP contribution in [0, 0.1) is 0 Å². The van der Waals surface area contributed by atoms with E-state index in [0.29, 0.717) is 5.69 Å². The second-order valence-corrected chi connectivity index (χ2v) is 8.27. The first-order valence-electron chi connectivity index (χ1n) is 8.20. The molecule has 0 aliphatic carbocycles. The Labute approximate surface area is 152 Å². The molecule has 0 aromatic carbocycles. The van der Waals surface area contributed by atoms with E-state index in [9.17, 15) is 13.2 Å². The predicted octanol–water partition coefficient (Wildman–Crippen LogP) is 0.884. The summed E-state index contributed by atoms with van der Waals surface area (Å²) in [5, 5.41) is 2.67. The normalized spacial score (nSPS) is 15.7. The number of hydrogen-bond acceptors (Lipinski definition) is 7. The lowest BCUT2D eigenvalue weighted by Gasteiger charge is -2.33. The highest BCUT2D eigenvalue weighted by Crippen LogP contribution is 2.16. The zero-order valence-electron chi connectivity index (χ0n) is 14.7. The minimum atomic E-state index is -3.38. The SMILES string of the molecule is CN1CCN(c2ccc(NC(=O)c3ccc(S(C)(=O)=O)nc3)cn2)CC1. The standard InChI is InChI=1S/C17H21N5O3S/c1-21-7-9-22(10-8-21)15-5-4-14(12-18-15)20-17(23)13-3-6-16(19-11-13)26(2,24)25/h3-6,11-12H,7-10H2,1-2H3,(H,20,23). The van der Waals surface area contributed by atoms with Gasteiger partial charge in [0.05, 0.1) is 17.4 Å². The summed E-state index contributed by atoms with van der Waals surface area (Å²) in [7, 11) is -1.29. The van der Waals surface area contributed by atoms with Crippen molar-refractivity contribution in [2.24, 2.45) is 0 Å². The van der Waals surface area contributed by atoms with E-state index in [0.717, 1.165) is 38.3 Å². The molecule has 1 amide bonds. The van der Waals surface area contributed by atoms with Gasteiger partial charge < -0.3 is 15.1 Å². The Morgan fingerprint density at radius 3 is 2.31 bits per heavy atom. The summed E-state index contributed by atoms with van der Waals surface area (Å²) in [6.45, 7) is 3.84. The molecule has 3 heterocycles. The Morgan fingerprint density at radius 1 is 1.04 bits per heavy atom. The van der Waals surface area contributed by atoms with Crippen LogP contribution < -0.4 is 10.2 Å². The number of pyridine rings is 2. The van der Waals surface area contributed by atoms with Gasteiger partial charge in [-0.3, -0.25) is 4.79 Å². The number of rotatable bonds is 4. The van der Waals surface area contributed by atoms with Crippen LogP contribution in [0.25, 0.3) is 0 Å². The number of carbonyl (C=O) groups excluding carboxylic acids is 1. The van der Waals surface area contributed by atoms with Crippen molar-refractivity contribution < 1.29 is 13.2 Å². The average Bonchev–Trinajstić information content (AvgIpc) is 2.62. The Bertz CT molecular complexity index is 874. The van der Waals surface area contributed by atoms with Gasteiger partial charge in [-0.05, 0) is 31.3 Å². The minimum absolute atomic E-state index is 0.0627. The van der Waals surface area contributed by atoms with Gasteiger partial charge in [-0.2, -0.15) is 0 Å². The first-order valence-corrected chi connectivity index (χ1v) is 10.1. The van der Waals surface area contributed by atoms with Gasteiger partial charge in [0, 0.05) is 38.6 Å². The molecule has 0 saturated carbocycles. The second-order valence-electron chi connectivity index (χ2n) is 6.31. The van der Waals surface area contributed by atoms with E-state index in [1.807, 2.05) is 6.07 Å². The molecular weight excluding hydrogens is 354 g/mol. The number of nitrogens with zero attached hydrogens (tertiary/aromatic N) is 4. The van der Waals surface area contributed by atoms with Crippen molar-refractivity contribution >= 4 is 27.2 Å². The van der Waals surface area contributed by atoms with Crippen LogP contribution in [0.15, 0.2) is 41.7 Å². The quantitative estimate of drug-likeness (QED) is 0.848. The summed E-state index contributed by atoms with van der Waals surface area (Å²) in [5.74, 6) is 0.516. The van der Waals surface area contributed by atoms with Crippen molar-refractivity contribution in [1.29, 1.82) is 0 Å². The molecule has 9 heteroatoms. The summed E-state index contributed by atoms with van der Waals surface area (Å²) in [6, 6.07) is 6.44. The molecule has 2 aromatic rings. The highest BCUT2D eigenvalue weighted by molar-refractivity contribution is 7.90. The molecule has 8 nitrogen and oxygen atoms in total. The van der Waals surface area contributed by atoms with Gasteiger partial charge >= 0.3 is 0 Å². The topological polar surface area (TPSA) is 95.5 Å². The molecule has 0 bridgehead atoms. The van der Waals surface area contributed by atoms with Crippen molar-refractivity contribution in [2.45, 2.75) is 5.03 Å². The molecule has 0 spiro atoms. The van der Waals surface area contributed by atoms with Gasteiger partial charge in [0.15, 0.2) is 14.9 Å². The molecule has 2 aromatic heterocycles. The van der Waals surface area contributed by atoms with Crippen molar-refractivity contribution in [3.63, 3.8) is 0 Å². The van der Waals surface area contributed by atoms with E-state index in [4.69, 9.17) is 0 Å². The number of amides is 1. The summed E-state index contributed by atoms with van der Waals surface area (Å²) in [6.07, 6.45) is 3.93. The van der Waals surface area contributed by atoms with Gasteiger partial charge in [0.25, 0.3) is 5.91 Å². The maximum absolute atomic E-state index is 12.3. The van der Waals surface area contributed by atoms with Crippen LogP contribution >= 0.6 is 0 Å². The highest BCUT2D eigenvalue weighted by atomic mass is 32.2. The number of likely N-dealkylation sites (N-methyl/N-ethyl adjacent to an activating group) is 1. The van der Waals surface area contributed by atoms with E-state index in [2.05, 4.69) is 32.1 Å². The van der Waals surface area contributed by atoms with Gasteiger partial charge in [-0.1, -0.05) is 0 Å². The Morgan fingerprint density at radius 2 is 1.77 bits per heavy atom. The summed E-state index contributed by atoms with van der Waals surface area (Å²) in [5.41, 5.74) is 0.848. The average molecular weight is 375 g/mol. The van der Waals surface area contributed by atoms with Crippen molar-refractivity contribution in [3.8, 4) is 0 Å². The number of hydrogen-bond donors (Lipinski definition) is 1. The summed E-state index contributed by atoms with van der Waals surface area (Å²) >= 11 is 0. The molecule has 1 aliphatic rings. The summed E-state index contributed by atoms with van der Waals surface area (Å²) in [4.78, 5) is 25.0. The molecule has 1 fully saturated rings. The van der Waals surface area contributed by atoms with Gasteiger partial charge in [0.2, 0.25) is 0 Å². The van der Waals surface area contributed by atoms with Crippen LogP contribution in [-0.2, 0) is 9.84 Å². The molecule has 0 unspecified atom stereocenters. The third-order valence-corrected chi connectivity index (χ3v) is 5.21. The lowest BCUT2D eigenvalue weighted by Crippen LogP contribution is -2.44. The zero-order valence-corrected chi connectivity index (χ0v) is 15.5. The molecule has 1 saturated heterocycles. The van der Waals surface area contributed by atoms with Crippen LogP contribution in [0.4, 0.5) is 11.5 Å². The number of aromatic nitrogens is 2. The molecule has 1 aliphatic heterocycles. The molecule has 138 valence electrons. The maximum atomic E-state index is 12.3. The predicted molar refractivity (Wildman–Crippen MR) is 99.2 cm³/mol. The van der Waals surface area contributed by atoms with E-state index in [1.54, 1.807) is 12.3 Å². The Kier molecular flexibility index (Phi) is 5.19. The third-order valence-electron chi connectivity index (χ3n) is 4.21. The first-order chi connectivity index (χ1) is 12.3. The smallest absolute Gasteiger partial charge is 0.257 e. The van der Waals surface area contributed by atoms with Crippen molar-refractivity contribution in [3.05, 3.63) is 42.2 Å². The van der Waals surface area contributed by atoms with Crippen LogP contribution in [0.2, 0.25) is 0 Å². The number of carbonyl (C=O) groups is 1. The summed E-state index contributed by atoms with van der Waals surface area (Å²) < 4.78 is 22.8. The number of anilines is 2. The van der Waals surface area contributed by atoms with E-state index >= 15 is 0 Å². The number of sulfone groups is 1. The zero-order chi connectivity index (χ0) is 18.7. The minimum Gasteiger partial charge on any atom is -0.354 e. The van der Waals surface area contributed by atoms with Crippen LogP contribution in [0.1, 0.15) is 10.4 Å². The lowest BCUT2D eigenvalue weighted by atomic mass is 10.2. The second kappa shape index (κ2) is 7.38. The maximum Gasteiger partial charge on any atom is 0.257 e. The van der Waals surface area contributed by atoms with Gasteiger partial charge in [-0.25, -0.2) is 18.4 Å². The Balaban J connectivity index is 1.64. The molecule has 1 N–H and O–H groups in total. The monoisotopic (exact) mass is 375 g/mol. The third kappa shape index (κ3) is 4.36. The fourth-order valence-electron chi connectivity index (χ4n) is 2.62. The van der Waals surface area contributed by atoms with Gasteiger partial charge in [0.1, 0.15) is 5.82 Å². The molecule has 3 rings (SSSR count).